The molecule has 6 nitrogen and oxygen atoms in total. The molecule has 3 N–H and O–H groups in total. The van der Waals surface area contributed by atoms with Crippen LogP contribution in [0.4, 0.5) is 0 Å². The number of hydrogen-bond acceptors (Lipinski definition) is 4. The zero-order valence-corrected chi connectivity index (χ0v) is 11.2. The van der Waals surface area contributed by atoms with Gasteiger partial charge in [-0.2, -0.15) is 5.10 Å². The molecular weight excluding hydrogens is 256 g/mol. The fourth-order valence-electron chi connectivity index (χ4n) is 2.80. The predicted molar refractivity (Wildman–Crippen MR) is 74.2 cm³/mol. The van der Waals surface area contributed by atoms with Crippen molar-refractivity contribution in [1.82, 2.24) is 20.5 Å². The first-order valence-corrected chi connectivity index (χ1v) is 6.98. The minimum absolute atomic E-state index is 0.132. The summed E-state index contributed by atoms with van der Waals surface area (Å²) in [7, 11) is 0. The van der Waals surface area contributed by atoms with Crippen LogP contribution in [0, 0.1) is 5.92 Å². The van der Waals surface area contributed by atoms with Crippen molar-refractivity contribution in [2.45, 2.75) is 31.7 Å². The SMILES string of the molecule is O=C(N[C@@H]1CCC[C@@H](CO)C1)c1ccc2cn[nH]c2n1. The van der Waals surface area contributed by atoms with Gasteiger partial charge in [0, 0.05) is 18.0 Å². The van der Waals surface area contributed by atoms with Crippen molar-refractivity contribution < 1.29 is 9.90 Å². The number of carbonyl (C=O) groups is 1. The molecule has 1 amide bonds. The monoisotopic (exact) mass is 274 g/mol. The van der Waals surface area contributed by atoms with Crippen LogP contribution in [0.15, 0.2) is 18.3 Å². The molecule has 0 saturated heterocycles. The third-order valence-corrected chi connectivity index (χ3v) is 3.91. The van der Waals surface area contributed by atoms with Crippen LogP contribution in [0.5, 0.6) is 0 Å². The molecule has 1 fully saturated rings. The molecule has 0 bridgehead atoms. The van der Waals surface area contributed by atoms with Crippen LogP contribution < -0.4 is 5.32 Å². The van der Waals surface area contributed by atoms with Crippen molar-refractivity contribution in [3.8, 4) is 0 Å². The average Bonchev–Trinajstić information content (AvgIpc) is 2.94. The van der Waals surface area contributed by atoms with E-state index in [1.165, 1.54) is 0 Å². The van der Waals surface area contributed by atoms with E-state index in [-0.39, 0.29) is 18.6 Å². The molecule has 3 rings (SSSR count). The fraction of sp³-hybridized carbons (Fsp3) is 0.500. The van der Waals surface area contributed by atoms with E-state index in [0.29, 0.717) is 17.3 Å². The van der Waals surface area contributed by atoms with Crippen LogP contribution in [0.3, 0.4) is 0 Å². The average molecular weight is 274 g/mol. The van der Waals surface area contributed by atoms with Crippen LogP contribution in [0.25, 0.3) is 11.0 Å². The third kappa shape index (κ3) is 2.65. The number of rotatable bonds is 3. The summed E-state index contributed by atoms with van der Waals surface area (Å²) in [5.41, 5.74) is 1.02. The maximum absolute atomic E-state index is 12.2. The highest BCUT2D eigenvalue weighted by Crippen LogP contribution is 2.24. The number of pyridine rings is 1. The smallest absolute Gasteiger partial charge is 0.270 e. The molecule has 2 heterocycles. The summed E-state index contributed by atoms with van der Waals surface area (Å²) < 4.78 is 0. The summed E-state index contributed by atoms with van der Waals surface area (Å²) >= 11 is 0. The Kier molecular flexibility index (Phi) is 3.64. The van der Waals surface area contributed by atoms with Crippen LogP contribution in [0.1, 0.15) is 36.2 Å². The molecule has 0 unspecified atom stereocenters. The normalized spacial score (nSPS) is 22.9. The number of nitrogens with one attached hydrogen (secondary N) is 2. The summed E-state index contributed by atoms with van der Waals surface area (Å²) in [6.45, 7) is 0.199. The lowest BCUT2D eigenvalue weighted by Crippen LogP contribution is -2.39. The van der Waals surface area contributed by atoms with Gasteiger partial charge in [-0.15, -0.1) is 0 Å². The number of amides is 1. The van der Waals surface area contributed by atoms with Gasteiger partial charge < -0.3 is 10.4 Å². The van der Waals surface area contributed by atoms with Crippen LogP contribution >= 0.6 is 0 Å². The van der Waals surface area contributed by atoms with Gasteiger partial charge in [-0.05, 0) is 37.3 Å². The summed E-state index contributed by atoms with van der Waals surface area (Å²) in [5, 5.41) is 19.8. The Balaban J connectivity index is 1.69. The quantitative estimate of drug-likeness (QED) is 0.785. The number of carbonyl (C=O) groups excluding carboxylic acids is 1. The Hall–Kier alpha value is -1.95. The second kappa shape index (κ2) is 5.58. The zero-order chi connectivity index (χ0) is 13.9. The third-order valence-electron chi connectivity index (χ3n) is 3.91. The first kappa shape index (κ1) is 13.1. The number of H-pyrrole nitrogens is 1. The van der Waals surface area contributed by atoms with Crippen molar-refractivity contribution in [2.75, 3.05) is 6.61 Å². The van der Waals surface area contributed by atoms with E-state index in [9.17, 15) is 9.90 Å². The number of aromatic amines is 1. The summed E-state index contributed by atoms with van der Waals surface area (Å²) in [4.78, 5) is 16.5. The van der Waals surface area contributed by atoms with Gasteiger partial charge in [0.05, 0.1) is 6.20 Å². The van der Waals surface area contributed by atoms with E-state index < -0.39 is 0 Å². The molecule has 2 aromatic heterocycles. The summed E-state index contributed by atoms with van der Waals surface area (Å²) in [5.74, 6) is 0.141. The minimum atomic E-state index is -0.162. The van der Waals surface area contributed by atoms with E-state index in [2.05, 4.69) is 20.5 Å². The van der Waals surface area contributed by atoms with E-state index in [1.54, 1.807) is 12.3 Å². The van der Waals surface area contributed by atoms with Gasteiger partial charge >= 0.3 is 0 Å². The molecule has 0 spiro atoms. The molecule has 0 aromatic carbocycles. The van der Waals surface area contributed by atoms with Crippen molar-refractivity contribution in [2.24, 2.45) is 5.92 Å². The maximum atomic E-state index is 12.2. The lowest BCUT2D eigenvalue weighted by atomic mass is 9.86. The molecular formula is C14H18N4O2. The highest BCUT2D eigenvalue weighted by atomic mass is 16.3. The van der Waals surface area contributed by atoms with Crippen molar-refractivity contribution in [3.63, 3.8) is 0 Å². The number of hydrogen-bond donors (Lipinski definition) is 3. The molecule has 2 atom stereocenters. The van der Waals surface area contributed by atoms with Crippen LogP contribution in [-0.4, -0.2) is 38.8 Å². The molecule has 2 aromatic rings. The Morgan fingerprint density at radius 3 is 3.20 bits per heavy atom. The van der Waals surface area contributed by atoms with E-state index in [4.69, 9.17) is 0 Å². The van der Waals surface area contributed by atoms with E-state index >= 15 is 0 Å². The molecule has 1 saturated carbocycles. The van der Waals surface area contributed by atoms with Gasteiger partial charge in [0.2, 0.25) is 0 Å². The molecule has 1 aliphatic carbocycles. The number of nitrogens with zero attached hydrogens (tertiary/aromatic N) is 2. The molecule has 0 radical (unpaired) electrons. The van der Waals surface area contributed by atoms with Crippen molar-refractivity contribution in [3.05, 3.63) is 24.0 Å². The first-order valence-electron chi connectivity index (χ1n) is 6.98. The molecule has 106 valence electrons. The first-order chi connectivity index (χ1) is 9.76. The fourth-order valence-corrected chi connectivity index (χ4v) is 2.80. The zero-order valence-electron chi connectivity index (χ0n) is 11.2. The maximum Gasteiger partial charge on any atom is 0.270 e. The van der Waals surface area contributed by atoms with Gasteiger partial charge in [-0.3, -0.25) is 9.89 Å². The minimum Gasteiger partial charge on any atom is -0.396 e. The van der Waals surface area contributed by atoms with Crippen molar-refractivity contribution >= 4 is 16.9 Å². The van der Waals surface area contributed by atoms with Crippen molar-refractivity contribution in [1.29, 1.82) is 0 Å². The van der Waals surface area contributed by atoms with Gasteiger partial charge in [-0.1, -0.05) is 6.42 Å². The second-order valence-electron chi connectivity index (χ2n) is 5.39. The number of aliphatic hydroxyl groups is 1. The van der Waals surface area contributed by atoms with E-state index in [0.717, 1.165) is 31.1 Å². The Morgan fingerprint density at radius 2 is 2.35 bits per heavy atom. The van der Waals surface area contributed by atoms with Gasteiger partial charge in [0.1, 0.15) is 5.69 Å². The predicted octanol–water partition coefficient (Wildman–Crippen LogP) is 1.24. The topological polar surface area (TPSA) is 90.9 Å². The number of fused-ring (bicyclic) bond motifs is 1. The molecule has 6 heteroatoms. The van der Waals surface area contributed by atoms with Gasteiger partial charge in [-0.25, -0.2) is 4.98 Å². The Bertz CT molecular complexity index is 610. The van der Waals surface area contributed by atoms with Gasteiger partial charge in [0.15, 0.2) is 5.65 Å². The number of aliphatic hydroxyl groups excluding tert-OH is 1. The standard InChI is InChI=1S/C14H18N4O2/c19-8-9-2-1-3-11(6-9)16-14(20)12-5-4-10-7-15-18-13(10)17-12/h4-5,7,9,11,19H,1-3,6,8H2,(H,16,20)(H,15,17,18)/t9-,11-/m1/s1. The van der Waals surface area contributed by atoms with Crippen LogP contribution in [0.2, 0.25) is 0 Å². The Morgan fingerprint density at radius 1 is 1.45 bits per heavy atom. The summed E-state index contributed by atoms with van der Waals surface area (Å²) in [6, 6.07) is 3.67. The second-order valence-corrected chi connectivity index (χ2v) is 5.39. The van der Waals surface area contributed by atoms with E-state index in [1.807, 2.05) is 6.07 Å². The molecule has 20 heavy (non-hydrogen) atoms. The lowest BCUT2D eigenvalue weighted by Gasteiger charge is -2.28. The van der Waals surface area contributed by atoms with Crippen LogP contribution in [-0.2, 0) is 0 Å². The largest absolute Gasteiger partial charge is 0.396 e. The lowest BCUT2D eigenvalue weighted by molar-refractivity contribution is 0.0901. The van der Waals surface area contributed by atoms with Gasteiger partial charge in [0.25, 0.3) is 5.91 Å². The highest BCUT2D eigenvalue weighted by Gasteiger charge is 2.23. The summed E-state index contributed by atoms with van der Waals surface area (Å²) in [6.07, 6.45) is 5.57. The highest BCUT2D eigenvalue weighted by molar-refractivity contribution is 5.94. The number of aromatic nitrogens is 3. The molecule has 1 aliphatic rings. The molecule has 0 aliphatic heterocycles. The Labute approximate surface area is 116 Å².